The van der Waals surface area contributed by atoms with E-state index < -0.39 is 16.6 Å². The van der Waals surface area contributed by atoms with Crippen LogP contribution in [0.3, 0.4) is 0 Å². The Bertz CT molecular complexity index is 827. The second-order valence-electron chi connectivity index (χ2n) is 6.86. The van der Waals surface area contributed by atoms with E-state index in [0.29, 0.717) is 0 Å². The van der Waals surface area contributed by atoms with Crippen molar-refractivity contribution in [1.29, 1.82) is 0 Å². The molecule has 0 aliphatic rings. The third kappa shape index (κ3) is 4.30. The maximum Gasteiger partial charge on any atom is 0.310 e. The zero-order valence-corrected chi connectivity index (χ0v) is 18.1. The first-order chi connectivity index (χ1) is 13.1. The molecule has 1 unspecified atom stereocenters. The standard InChI is InChI=1S/C23H26O2Si2/c1-24-26(2,21-13-7-4-8-14-21)20-19-25-27(3,22-15-9-5-10-16-22)23-17-11-6-12-18-23/h4-20H,1-3H3/b20-19+. The van der Waals surface area contributed by atoms with Gasteiger partial charge in [0.1, 0.15) is 0 Å². The molecule has 1 atom stereocenters. The Labute approximate surface area is 164 Å². The van der Waals surface area contributed by atoms with Gasteiger partial charge in [0.05, 0.1) is 6.26 Å². The van der Waals surface area contributed by atoms with Gasteiger partial charge in [-0.3, -0.25) is 0 Å². The molecule has 0 aliphatic heterocycles. The van der Waals surface area contributed by atoms with E-state index >= 15 is 0 Å². The fourth-order valence-electron chi connectivity index (χ4n) is 3.17. The van der Waals surface area contributed by atoms with E-state index in [1.807, 2.05) is 24.5 Å². The minimum atomic E-state index is -2.34. The highest BCUT2D eigenvalue weighted by Crippen LogP contribution is 2.11. The first-order valence-electron chi connectivity index (χ1n) is 9.16. The Balaban J connectivity index is 1.93. The van der Waals surface area contributed by atoms with Crippen LogP contribution in [0.2, 0.25) is 13.1 Å². The number of rotatable bonds is 7. The van der Waals surface area contributed by atoms with Crippen molar-refractivity contribution in [2.75, 3.05) is 7.11 Å². The number of hydrogen-bond donors (Lipinski definition) is 0. The first kappa shape index (κ1) is 19.4. The van der Waals surface area contributed by atoms with Crippen LogP contribution in [0.1, 0.15) is 0 Å². The van der Waals surface area contributed by atoms with Gasteiger partial charge in [-0.15, -0.1) is 0 Å². The van der Waals surface area contributed by atoms with Crippen LogP contribution in [0.4, 0.5) is 0 Å². The molecular weight excluding hydrogens is 364 g/mol. The minimum absolute atomic E-state index is 1.23. The molecule has 27 heavy (non-hydrogen) atoms. The van der Waals surface area contributed by atoms with Crippen LogP contribution in [-0.4, -0.2) is 23.7 Å². The molecule has 138 valence electrons. The van der Waals surface area contributed by atoms with Gasteiger partial charge in [0.25, 0.3) is 0 Å². The van der Waals surface area contributed by atoms with Gasteiger partial charge in [-0.2, -0.15) is 0 Å². The van der Waals surface area contributed by atoms with Crippen molar-refractivity contribution >= 4 is 32.2 Å². The molecule has 0 aromatic heterocycles. The van der Waals surface area contributed by atoms with Gasteiger partial charge in [0.15, 0.2) is 0 Å². The highest BCUT2D eigenvalue weighted by atomic mass is 28.4. The first-order valence-corrected chi connectivity index (χ1v) is 14.1. The second kappa shape index (κ2) is 8.52. The molecule has 0 saturated heterocycles. The third-order valence-corrected chi connectivity index (χ3v) is 11.7. The van der Waals surface area contributed by atoms with Crippen LogP contribution in [0.25, 0.3) is 0 Å². The van der Waals surface area contributed by atoms with Crippen molar-refractivity contribution < 1.29 is 8.85 Å². The van der Waals surface area contributed by atoms with Crippen LogP contribution < -0.4 is 15.6 Å². The van der Waals surface area contributed by atoms with E-state index in [0.717, 1.165) is 0 Å². The Morgan fingerprint density at radius 1 is 0.630 bits per heavy atom. The lowest BCUT2D eigenvalue weighted by molar-refractivity contribution is 0.418. The van der Waals surface area contributed by atoms with Gasteiger partial charge in [-0.1, -0.05) is 91.0 Å². The lowest BCUT2D eigenvalue weighted by atomic mass is 10.4. The molecule has 0 amide bonds. The summed E-state index contributed by atoms with van der Waals surface area (Å²) >= 11 is 0. The van der Waals surface area contributed by atoms with Crippen LogP contribution >= 0.6 is 0 Å². The summed E-state index contributed by atoms with van der Waals surface area (Å²) in [6, 6.07) is 31.5. The molecular formula is C23H26O2Si2. The fourth-order valence-corrected chi connectivity index (χ4v) is 7.65. The van der Waals surface area contributed by atoms with Crippen molar-refractivity contribution in [3.05, 3.63) is 103 Å². The summed E-state index contributed by atoms with van der Waals surface area (Å²) in [7, 11) is -2.73. The largest absolute Gasteiger partial charge is 0.541 e. The van der Waals surface area contributed by atoms with Crippen LogP contribution in [0.15, 0.2) is 103 Å². The molecule has 2 nitrogen and oxygen atoms in total. The quantitative estimate of drug-likeness (QED) is 0.453. The zero-order chi connectivity index (χ0) is 19.2. The molecule has 3 rings (SSSR count). The van der Waals surface area contributed by atoms with E-state index in [9.17, 15) is 0 Å². The second-order valence-corrected chi connectivity index (χ2v) is 13.9. The summed E-state index contributed by atoms with van der Waals surface area (Å²) < 4.78 is 12.5. The molecule has 0 radical (unpaired) electrons. The lowest BCUT2D eigenvalue weighted by Crippen LogP contribution is -2.57. The summed E-state index contributed by atoms with van der Waals surface area (Å²) in [5.74, 6) is 0. The van der Waals surface area contributed by atoms with E-state index in [1.165, 1.54) is 15.6 Å². The lowest BCUT2D eigenvalue weighted by Gasteiger charge is -2.28. The Morgan fingerprint density at radius 2 is 1.04 bits per heavy atom. The average molecular weight is 391 g/mol. The van der Waals surface area contributed by atoms with E-state index in [4.69, 9.17) is 8.85 Å². The predicted octanol–water partition coefficient (Wildman–Crippen LogP) is 3.57. The summed E-state index contributed by atoms with van der Waals surface area (Å²) in [4.78, 5) is 0. The third-order valence-electron chi connectivity index (χ3n) is 5.11. The molecule has 3 aromatic rings. The SMILES string of the molecule is CO[Si](C)(/C=C/O[Si](C)(c1ccccc1)c1ccccc1)c1ccccc1. The molecule has 4 heteroatoms. The minimum Gasteiger partial charge on any atom is -0.541 e. The highest BCUT2D eigenvalue weighted by Gasteiger charge is 2.35. The van der Waals surface area contributed by atoms with Crippen LogP contribution in [0, 0.1) is 0 Å². The molecule has 0 heterocycles. The molecule has 0 fully saturated rings. The van der Waals surface area contributed by atoms with E-state index in [1.54, 1.807) is 7.11 Å². The molecule has 0 spiro atoms. The smallest absolute Gasteiger partial charge is 0.310 e. The molecule has 0 aliphatic carbocycles. The predicted molar refractivity (Wildman–Crippen MR) is 119 cm³/mol. The Hall–Kier alpha value is -2.41. The van der Waals surface area contributed by atoms with Gasteiger partial charge in [0.2, 0.25) is 8.32 Å². The topological polar surface area (TPSA) is 18.5 Å². The zero-order valence-electron chi connectivity index (χ0n) is 16.1. The molecule has 0 saturated carbocycles. The Morgan fingerprint density at radius 3 is 1.44 bits per heavy atom. The Kier molecular flexibility index (Phi) is 6.11. The average Bonchev–Trinajstić information content (AvgIpc) is 2.75. The van der Waals surface area contributed by atoms with Gasteiger partial charge in [-0.05, 0) is 34.4 Å². The van der Waals surface area contributed by atoms with Crippen molar-refractivity contribution in [2.24, 2.45) is 0 Å². The van der Waals surface area contributed by atoms with E-state index in [-0.39, 0.29) is 0 Å². The van der Waals surface area contributed by atoms with Gasteiger partial charge in [0, 0.05) is 7.11 Å². The number of hydrogen-bond acceptors (Lipinski definition) is 2. The van der Waals surface area contributed by atoms with Gasteiger partial charge >= 0.3 is 8.32 Å². The highest BCUT2D eigenvalue weighted by molar-refractivity contribution is 6.96. The molecule has 0 N–H and O–H groups in total. The summed E-state index contributed by atoms with van der Waals surface area (Å²) in [6.45, 7) is 4.43. The molecule has 0 bridgehead atoms. The summed E-state index contributed by atoms with van der Waals surface area (Å²) in [5.41, 5.74) is 2.14. The number of benzene rings is 3. The van der Waals surface area contributed by atoms with Crippen molar-refractivity contribution in [2.45, 2.75) is 13.1 Å². The van der Waals surface area contributed by atoms with Crippen molar-refractivity contribution in [3.8, 4) is 0 Å². The van der Waals surface area contributed by atoms with E-state index in [2.05, 4.69) is 91.6 Å². The maximum absolute atomic E-state index is 6.53. The fraction of sp³-hybridized carbons (Fsp3) is 0.130. The van der Waals surface area contributed by atoms with Gasteiger partial charge < -0.3 is 8.85 Å². The monoisotopic (exact) mass is 390 g/mol. The van der Waals surface area contributed by atoms with Gasteiger partial charge in [-0.25, -0.2) is 0 Å². The summed E-state index contributed by atoms with van der Waals surface area (Å²) in [6.07, 6.45) is 1.88. The van der Waals surface area contributed by atoms with Crippen LogP contribution in [-0.2, 0) is 8.85 Å². The normalized spacial score (nSPS) is 14.0. The van der Waals surface area contributed by atoms with Crippen LogP contribution in [0.5, 0.6) is 0 Å². The molecule has 3 aromatic carbocycles. The van der Waals surface area contributed by atoms with Crippen molar-refractivity contribution in [3.63, 3.8) is 0 Å². The summed E-state index contributed by atoms with van der Waals surface area (Å²) in [5, 5.41) is 3.73. The maximum atomic E-state index is 6.53. The van der Waals surface area contributed by atoms with Crippen molar-refractivity contribution in [1.82, 2.24) is 0 Å².